The van der Waals surface area contributed by atoms with Crippen molar-refractivity contribution >= 4 is 10.9 Å². The number of nitriles is 1. The van der Waals surface area contributed by atoms with E-state index >= 15 is 0 Å². The van der Waals surface area contributed by atoms with Crippen LogP contribution in [-0.2, 0) is 6.61 Å². The summed E-state index contributed by atoms with van der Waals surface area (Å²) >= 11 is 0. The Hall–Kier alpha value is -1.79. The lowest BCUT2D eigenvalue weighted by Crippen LogP contribution is -1.79. The molecule has 1 aromatic carbocycles. The first-order chi connectivity index (χ1) is 6.33. The van der Waals surface area contributed by atoms with Crippen LogP contribution in [0.4, 0.5) is 0 Å². The number of aromatic amines is 1. The van der Waals surface area contributed by atoms with Gasteiger partial charge in [-0.05, 0) is 23.6 Å². The van der Waals surface area contributed by atoms with Crippen molar-refractivity contribution in [3.8, 4) is 6.07 Å². The minimum Gasteiger partial charge on any atom is -0.390 e. The van der Waals surface area contributed by atoms with E-state index in [2.05, 4.69) is 11.1 Å². The van der Waals surface area contributed by atoms with Gasteiger partial charge in [-0.2, -0.15) is 5.26 Å². The Morgan fingerprint density at radius 1 is 1.38 bits per heavy atom. The molecule has 3 heteroatoms. The molecule has 1 aromatic heterocycles. The first-order valence-electron chi connectivity index (χ1n) is 3.96. The van der Waals surface area contributed by atoms with Gasteiger partial charge in [0.2, 0.25) is 0 Å². The molecule has 2 aromatic rings. The zero-order chi connectivity index (χ0) is 9.26. The molecule has 0 radical (unpaired) electrons. The lowest BCUT2D eigenvalue weighted by Gasteiger charge is -1.89. The van der Waals surface area contributed by atoms with E-state index in [1.807, 2.05) is 12.1 Å². The van der Waals surface area contributed by atoms with Crippen LogP contribution in [0.15, 0.2) is 24.3 Å². The fraction of sp³-hybridized carbons (Fsp3) is 0.100. The van der Waals surface area contributed by atoms with Gasteiger partial charge in [0.15, 0.2) is 0 Å². The highest BCUT2D eigenvalue weighted by atomic mass is 16.3. The minimum atomic E-state index is -0.00341. The summed E-state index contributed by atoms with van der Waals surface area (Å²) in [4.78, 5) is 3.02. The first-order valence-corrected chi connectivity index (χ1v) is 3.96. The number of nitrogens with one attached hydrogen (secondary N) is 1. The van der Waals surface area contributed by atoms with Gasteiger partial charge >= 0.3 is 0 Å². The maximum atomic E-state index is 8.87. The molecule has 0 fully saturated rings. The van der Waals surface area contributed by atoms with Gasteiger partial charge in [0.05, 0.1) is 18.2 Å². The number of hydrogen-bond acceptors (Lipinski definition) is 2. The highest BCUT2D eigenvalue weighted by Gasteiger charge is 1.99. The molecule has 2 N–H and O–H groups in total. The molecule has 0 bridgehead atoms. The molecular weight excluding hydrogens is 164 g/mol. The quantitative estimate of drug-likeness (QED) is 0.685. The van der Waals surface area contributed by atoms with Crippen molar-refractivity contribution in [3.63, 3.8) is 0 Å². The molecule has 2 rings (SSSR count). The van der Waals surface area contributed by atoms with Gasteiger partial charge in [0.25, 0.3) is 0 Å². The number of fused-ring (bicyclic) bond motifs is 1. The van der Waals surface area contributed by atoms with Crippen molar-refractivity contribution < 1.29 is 5.11 Å². The van der Waals surface area contributed by atoms with Crippen LogP contribution in [0.5, 0.6) is 0 Å². The van der Waals surface area contributed by atoms with Crippen molar-refractivity contribution in [2.24, 2.45) is 0 Å². The van der Waals surface area contributed by atoms with Crippen LogP contribution in [0.2, 0.25) is 0 Å². The van der Waals surface area contributed by atoms with Gasteiger partial charge < -0.3 is 10.1 Å². The predicted octanol–water partition coefficient (Wildman–Crippen LogP) is 1.53. The van der Waals surface area contributed by atoms with Gasteiger partial charge in [0.1, 0.15) is 0 Å². The Labute approximate surface area is 75.2 Å². The van der Waals surface area contributed by atoms with Crippen LogP contribution in [0, 0.1) is 11.3 Å². The second-order valence-electron chi connectivity index (χ2n) is 2.87. The third-order valence-corrected chi connectivity index (χ3v) is 1.98. The third-order valence-electron chi connectivity index (χ3n) is 1.98. The Morgan fingerprint density at radius 3 is 2.92 bits per heavy atom. The second kappa shape index (κ2) is 2.92. The van der Waals surface area contributed by atoms with E-state index in [1.54, 1.807) is 12.1 Å². The highest BCUT2D eigenvalue weighted by molar-refractivity contribution is 5.81. The van der Waals surface area contributed by atoms with E-state index in [9.17, 15) is 0 Å². The predicted molar refractivity (Wildman–Crippen MR) is 48.9 cm³/mol. The van der Waals surface area contributed by atoms with E-state index in [-0.39, 0.29) is 6.61 Å². The van der Waals surface area contributed by atoms with Crippen molar-refractivity contribution in [1.82, 2.24) is 4.98 Å². The molecule has 0 unspecified atom stereocenters. The molecule has 0 atom stereocenters. The summed E-state index contributed by atoms with van der Waals surface area (Å²) in [5, 5.41) is 18.5. The lowest BCUT2D eigenvalue weighted by atomic mass is 10.2. The Bertz CT molecular complexity index is 479. The Balaban J connectivity index is 2.65. The normalized spacial score (nSPS) is 10.2. The molecule has 13 heavy (non-hydrogen) atoms. The van der Waals surface area contributed by atoms with E-state index in [0.29, 0.717) is 5.56 Å². The van der Waals surface area contributed by atoms with Crippen molar-refractivity contribution in [3.05, 3.63) is 35.5 Å². The number of H-pyrrole nitrogens is 1. The maximum absolute atomic E-state index is 8.87. The number of hydrogen-bond donors (Lipinski definition) is 2. The van der Waals surface area contributed by atoms with Gasteiger partial charge in [-0.3, -0.25) is 0 Å². The summed E-state index contributed by atoms with van der Waals surface area (Å²) in [6.07, 6.45) is 0. The van der Waals surface area contributed by atoms with Crippen LogP contribution in [0.3, 0.4) is 0 Å². The third kappa shape index (κ3) is 1.28. The van der Waals surface area contributed by atoms with Crippen LogP contribution < -0.4 is 0 Å². The monoisotopic (exact) mass is 172 g/mol. The number of benzene rings is 1. The van der Waals surface area contributed by atoms with Crippen LogP contribution in [-0.4, -0.2) is 10.1 Å². The SMILES string of the molecule is N#Cc1ccc2cc(CO)[nH]c2c1. The summed E-state index contributed by atoms with van der Waals surface area (Å²) in [6.45, 7) is -0.00341. The fourth-order valence-corrected chi connectivity index (χ4v) is 1.34. The maximum Gasteiger partial charge on any atom is 0.0992 e. The van der Waals surface area contributed by atoms with Gasteiger partial charge in [-0.1, -0.05) is 6.07 Å². The molecule has 3 nitrogen and oxygen atoms in total. The van der Waals surface area contributed by atoms with E-state index < -0.39 is 0 Å². The standard InChI is InChI=1S/C10H8N2O/c11-5-7-1-2-8-4-9(6-13)12-10(8)3-7/h1-4,12-13H,6H2. The molecule has 0 saturated carbocycles. The van der Waals surface area contributed by atoms with Crippen molar-refractivity contribution in [2.45, 2.75) is 6.61 Å². The molecular formula is C10H8N2O. The number of nitrogens with zero attached hydrogens (tertiary/aromatic N) is 1. The molecule has 1 heterocycles. The summed E-state index contributed by atoms with van der Waals surface area (Å²) < 4.78 is 0. The Morgan fingerprint density at radius 2 is 2.23 bits per heavy atom. The zero-order valence-electron chi connectivity index (χ0n) is 6.91. The van der Waals surface area contributed by atoms with E-state index in [1.165, 1.54) is 0 Å². The zero-order valence-corrected chi connectivity index (χ0v) is 6.91. The lowest BCUT2D eigenvalue weighted by molar-refractivity contribution is 0.278. The molecule has 64 valence electrons. The molecule has 0 aliphatic carbocycles. The minimum absolute atomic E-state index is 0.00341. The smallest absolute Gasteiger partial charge is 0.0992 e. The molecule has 0 spiro atoms. The van der Waals surface area contributed by atoms with Crippen LogP contribution in [0.25, 0.3) is 10.9 Å². The number of aromatic nitrogens is 1. The summed E-state index contributed by atoms with van der Waals surface area (Å²) in [7, 11) is 0. The number of aliphatic hydroxyl groups excluding tert-OH is 1. The number of rotatable bonds is 1. The van der Waals surface area contributed by atoms with E-state index in [4.69, 9.17) is 10.4 Å². The van der Waals surface area contributed by atoms with Crippen LogP contribution >= 0.6 is 0 Å². The fourth-order valence-electron chi connectivity index (χ4n) is 1.34. The van der Waals surface area contributed by atoms with Gasteiger partial charge in [-0.15, -0.1) is 0 Å². The Kier molecular flexibility index (Phi) is 1.76. The topological polar surface area (TPSA) is 59.8 Å². The largest absolute Gasteiger partial charge is 0.390 e. The highest BCUT2D eigenvalue weighted by Crippen LogP contribution is 2.16. The van der Waals surface area contributed by atoms with Crippen molar-refractivity contribution in [2.75, 3.05) is 0 Å². The number of aliphatic hydroxyl groups is 1. The summed E-state index contributed by atoms with van der Waals surface area (Å²) in [5.41, 5.74) is 2.28. The average Bonchev–Trinajstić information content (AvgIpc) is 2.58. The molecule has 0 aliphatic heterocycles. The summed E-state index contributed by atoms with van der Waals surface area (Å²) in [6, 6.07) is 9.33. The van der Waals surface area contributed by atoms with Crippen molar-refractivity contribution in [1.29, 1.82) is 5.26 Å². The molecule has 0 saturated heterocycles. The molecule has 0 aliphatic rings. The second-order valence-corrected chi connectivity index (χ2v) is 2.87. The van der Waals surface area contributed by atoms with Crippen LogP contribution in [0.1, 0.15) is 11.3 Å². The molecule has 0 amide bonds. The average molecular weight is 172 g/mol. The first kappa shape index (κ1) is 7.84. The van der Waals surface area contributed by atoms with Gasteiger partial charge in [0, 0.05) is 11.2 Å². The summed E-state index contributed by atoms with van der Waals surface area (Å²) in [5.74, 6) is 0. The van der Waals surface area contributed by atoms with E-state index in [0.717, 1.165) is 16.6 Å². The van der Waals surface area contributed by atoms with Gasteiger partial charge in [-0.25, -0.2) is 0 Å².